The van der Waals surface area contributed by atoms with Crippen molar-refractivity contribution in [1.29, 1.82) is 0 Å². The Morgan fingerprint density at radius 2 is 0.603 bits per heavy atom. The first-order valence-electron chi connectivity index (χ1n) is 35.6. The van der Waals surface area contributed by atoms with Gasteiger partial charge in [0.05, 0.1) is 25.4 Å². The normalized spacial score (nSPS) is 12.6. The van der Waals surface area contributed by atoms with E-state index in [9.17, 15) is 19.8 Å². The standard InChI is InChI=1S/C72H139NO5/c1-3-5-7-9-11-13-15-17-19-20-21-22-23-25-28-31-34-37-40-44-48-52-56-60-64-70(75)69(68-74)73-71(76)65-61-57-53-49-45-41-38-35-32-29-26-24-27-30-33-36-39-43-47-51-55-59-63-67-78-72(77)66-62-58-54-50-46-42-18-16-14-12-10-8-6-4-2/h16,18,60,64,69-70,74-75H,3-15,17,19-59,61-63,65-68H2,1-2H3,(H,73,76)/b18-16-,64-60+. The van der Waals surface area contributed by atoms with E-state index in [1.807, 2.05) is 6.08 Å². The topological polar surface area (TPSA) is 95.9 Å². The number of carbonyl (C=O) groups excluding carboxylic acids is 2. The number of ether oxygens (including phenoxy) is 1. The van der Waals surface area contributed by atoms with Crippen LogP contribution in [-0.2, 0) is 14.3 Å². The van der Waals surface area contributed by atoms with Gasteiger partial charge in [-0.2, -0.15) is 0 Å². The molecule has 2 atom stereocenters. The summed E-state index contributed by atoms with van der Waals surface area (Å²) in [5, 5.41) is 23.3. The molecule has 0 aliphatic carbocycles. The molecule has 0 aromatic rings. The Morgan fingerprint density at radius 1 is 0.346 bits per heavy atom. The van der Waals surface area contributed by atoms with Gasteiger partial charge in [0.15, 0.2) is 0 Å². The Balaban J connectivity index is 3.40. The SMILES string of the molecule is CCCCCCC/C=C\CCCCCCCC(=O)OCCCCCCCCCCCCCCCCCCCCCCCCCC(=O)NC(CO)C(O)/C=C/CCCCCCCCCCCCCCCCCCCCCCCC. The van der Waals surface area contributed by atoms with Crippen molar-refractivity contribution >= 4 is 11.9 Å². The lowest BCUT2D eigenvalue weighted by molar-refractivity contribution is -0.143. The predicted molar refractivity (Wildman–Crippen MR) is 343 cm³/mol. The van der Waals surface area contributed by atoms with Gasteiger partial charge in [-0.15, -0.1) is 0 Å². The third kappa shape index (κ3) is 63.5. The molecule has 0 aliphatic rings. The zero-order chi connectivity index (χ0) is 56.4. The maximum absolute atomic E-state index is 12.5. The van der Waals surface area contributed by atoms with Gasteiger partial charge >= 0.3 is 5.97 Å². The molecular formula is C72H139NO5. The molecule has 0 aliphatic heterocycles. The lowest BCUT2D eigenvalue weighted by atomic mass is 10.0. The van der Waals surface area contributed by atoms with Gasteiger partial charge in [0.25, 0.3) is 0 Å². The van der Waals surface area contributed by atoms with Gasteiger partial charge in [-0.05, 0) is 57.8 Å². The Labute approximate surface area is 488 Å². The fraction of sp³-hybridized carbons (Fsp3) is 0.917. The number of carbonyl (C=O) groups is 2. The zero-order valence-electron chi connectivity index (χ0n) is 52.9. The van der Waals surface area contributed by atoms with Crippen molar-refractivity contribution in [2.45, 2.75) is 411 Å². The molecule has 0 fully saturated rings. The van der Waals surface area contributed by atoms with Crippen LogP contribution in [0.3, 0.4) is 0 Å². The summed E-state index contributed by atoms with van der Waals surface area (Å²) in [6.07, 6.45) is 85.4. The van der Waals surface area contributed by atoms with Crippen LogP contribution in [0.1, 0.15) is 399 Å². The predicted octanol–water partition coefficient (Wildman–Crippen LogP) is 22.9. The van der Waals surface area contributed by atoms with Crippen molar-refractivity contribution in [3.63, 3.8) is 0 Å². The number of aliphatic hydroxyl groups is 2. The second-order valence-electron chi connectivity index (χ2n) is 24.6. The average molecular weight is 1100 g/mol. The molecule has 0 heterocycles. The average Bonchev–Trinajstić information content (AvgIpc) is 3.44. The summed E-state index contributed by atoms with van der Waals surface area (Å²) in [5.41, 5.74) is 0. The van der Waals surface area contributed by atoms with Crippen LogP contribution in [0.15, 0.2) is 24.3 Å². The lowest BCUT2D eigenvalue weighted by Gasteiger charge is -2.20. The first-order valence-corrected chi connectivity index (χ1v) is 35.6. The minimum Gasteiger partial charge on any atom is -0.466 e. The Morgan fingerprint density at radius 3 is 0.910 bits per heavy atom. The van der Waals surface area contributed by atoms with Gasteiger partial charge in [-0.25, -0.2) is 0 Å². The maximum atomic E-state index is 12.5. The van der Waals surface area contributed by atoms with Crippen molar-refractivity contribution in [3.05, 3.63) is 24.3 Å². The number of unbranched alkanes of at least 4 members (excludes halogenated alkanes) is 54. The highest BCUT2D eigenvalue weighted by atomic mass is 16.5. The molecule has 0 aromatic carbocycles. The number of aliphatic hydroxyl groups excluding tert-OH is 2. The van der Waals surface area contributed by atoms with Crippen LogP contribution < -0.4 is 5.32 Å². The maximum Gasteiger partial charge on any atom is 0.305 e. The third-order valence-electron chi connectivity index (χ3n) is 16.7. The smallest absolute Gasteiger partial charge is 0.305 e. The van der Waals surface area contributed by atoms with E-state index in [1.165, 1.54) is 327 Å². The van der Waals surface area contributed by atoms with Gasteiger partial charge in [-0.3, -0.25) is 9.59 Å². The minimum absolute atomic E-state index is 0.00621. The van der Waals surface area contributed by atoms with E-state index in [0.29, 0.717) is 19.4 Å². The van der Waals surface area contributed by atoms with E-state index in [4.69, 9.17) is 4.74 Å². The number of nitrogens with one attached hydrogen (secondary N) is 1. The van der Waals surface area contributed by atoms with E-state index >= 15 is 0 Å². The second-order valence-corrected chi connectivity index (χ2v) is 24.6. The molecule has 0 saturated heterocycles. The number of rotatable bonds is 67. The van der Waals surface area contributed by atoms with Gasteiger partial charge in [0.2, 0.25) is 5.91 Å². The van der Waals surface area contributed by atoms with Gasteiger partial charge in [0.1, 0.15) is 0 Å². The van der Waals surface area contributed by atoms with Crippen molar-refractivity contribution in [2.75, 3.05) is 13.2 Å². The monoisotopic (exact) mass is 1100 g/mol. The fourth-order valence-electron chi connectivity index (χ4n) is 11.3. The summed E-state index contributed by atoms with van der Waals surface area (Å²) in [7, 11) is 0. The summed E-state index contributed by atoms with van der Waals surface area (Å²) in [5.74, 6) is -0.0568. The van der Waals surface area contributed by atoms with Crippen LogP contribution in [0.4, 0.5) is 0 Å². The summed E-state index contributed by atoms with van der Waals surface area (Å²) in [6, 6.07) is -0.629. The highest BCUT2D eigenvalue weighted by Gasteiger charge is 2.18. The third-order valence-corrected chi connectivity index (χ3v) is 16.7. The Bertz CT molecular complexity index is 1220. The van der Waals surface area contributed by atoms with E-state index in [2.05, 4.69) is 31.3 Å². The van der Waals surface area contributed by atoms with Crippen LogP contribution in [0.25, 0.3) is 0 Å². The number of allylic oxidation sites excluding steroid dienone is 3. The van der Waals surface area contributed by atoms with Crippen molar-refractivity contribution in [2.24, 2.45) is 0 Å². The molecule has 2 unspecified atom stereocenters. The second kappa shape index (κ2) is 67.8. The lowest BCUT2D eigenvalue weighted by Crippen LogP contribution is -2.45. The van der Waals surface area contributed by atoms with Crippen LogP contribution in [-0.4, -0.2) is 47.4 Å². The molecule has 0 spiro atoms. The highest BCUT2D eigenvalue weighted by Crippen LogP contribution is 2.19. The van der Waals surface area contributed by atoms with E-state index in [-0.39, 0.29) is 18.5 Å². The number of esters is 1. The quantitative estimate of drug-likeness (QED) is 0.0320. The molecule has 6 heteroatoms. The number of hydrogen-bond acceptors (Lipinski definition) is 5. The highest BCUT2D eigenvalue weighted by molar-refractivity contribution is 5.76. The largest absolute Gasteiger partial charge is 0.466 e. The first kappa shape index (κ1) is 76.3. The van der Waals surface area contributed by atoms with Gasteiger partial charge < -0.3 is 20.3 Å². The molecule has 462 valence electrons. The van der Waals surface area contributed by atoms with Gasteiger partial charge in [0, 0.05) is 12.8 Å². The molecule has 6 nitrogen and oxygen atoms in total. The molecule has 1 amide bonds. The molecule has 0 radical (unpaired) electrons. The molecule has 78 heavy (non-hydrogen) atoms. The summed E-state index contributed by atoms with van der Waals surface area (Å²) in [6.45, 7) is 4.93. The number of amides is 1. The van der Waals surface area contributed by atoms with E-state index in [0.717, 1.165) is 44.9 Å². The van der Waals surface area contributed by atoms with E-state index < -0.39 is 12.1 Å². The van der Waals surface area contributed by atoms with Crippen LogP contribution in [0.5, 0.6) is 0 Å². The zero-order valence-corrected chi connectivity index (χ0v) is 52.9. The summed E-state index contributed by atoms with van der Waals surface area (Å²) < 4.78 is 5.49. The van der Waals surface area contributed by atoms with E-state index in [1.54, 1.807) is 6.08 Å². The first-order chi connectivity index (χ1) is 38.5. The fourth-order valence-corrected chi connectivity index (χ4v) is 11.3. The number of hydrogen-bond donors (Lipinski definition) is 3. The summed E-state index contributed by atoms with van der Waals surface area (Å²) in [4.78, 5) is 24.6. The molecule has 0 bridgehead atoms. The van der Waals surface area contributed by atoms with Crippen LogP contribution >= 0.6 is 0 Å². The minimum atomic E-state index is -0.845. The van der Waals surface area contributed by atoms with Crippen molar-refractivity contribution in [1.82, 2.24) is 5.32 Å². The molecule has 0 aromatic heterocycles. The molecular weight excluding hydrogens is 959 g/mol. The molecule has 0 saturated carbocycles. The summed E-state index contributed by atoms with van der Waals surface area (Å²) >= 11 is 0. The van der Waals surface area contributed by atoms with Crippen molar-refractivity contribution in [3.8, 4) is 0 Å². The van der Waals surface area contributed by atoms with Gasteiger partial charge in [-0.1, -0.05) is 353 Å². The van der Waals surface area contributed by atoms with Crippen LogP contribution in [0, 0.1) is 0 Å². The molecule has 0 rings (SSSR count). The Kier molecular flexibility index (Phi) is 66.4. The van der Waals surface area contributed by atoms with Crippen LogP contribution in [0.2, 0.25) is 0 Å². The van der Waals surface area contributed by atoms with Crippen molar-refractivity contribution < 1.29 is 24.5 Å². The Hall–Kier alpha value is -1.66. The molecule has 3 N–H and O–H groups in total.